The van der Waals surface area contributed by atoms with E-state index >= 15 is 0 Å². The molecule has 1 aromatic carbocycles. The Labute approximate surface area is 165 Å². The third-order valence-corrected chi connectivity index (χ3v) is 4.76. The topological polar surface area (TPSA) is 54.8 Å². The largest absolute Gasteiger partial charge is 0.465 e. The van der Waals surface area contributed by atoms with Gasteiger partial charge in [0, 0.05) is 31.5 Å². The molecule has 152 valence electrons. The summed E-state index contributed by atoms with van der Waals surface area (Å²) in [4.78, 5) is 29.5. The normalized spacial score (nSPS) is 11.3. The lowest BCUT2D eigenvalue weighted by Crippen LogP contribution is -2.31. The molecular weight excluding hydrogens is 361 g/mol. The second-order valence-electron chi connectivity index (χ2n) is 7.15. The van der Waals surface area contributed by atoms with E-state index in [1.807, 2.05) is 21.1 Å². The maximum atomic E-state index is 13.3. The van der Waals surface area contributed by atoms with Crippen LogP contribution in [0.3, 0.4) is 0 Å². The minimum atomic E-state index is -0.666. The number of rotatable bonds is 8. The van der Waals surface area contributed by atoms with Crippen LogP contribution in [0.1, 0.15) is 21.5 Å². The zero-order valence-corrected chi connectivity index (χ0v) is 17.2. The van der Waals surface area contributed by atoms with Crippen LogP contribution in [0.5, 0.6) is 0 Å². The molecule has 0 saturated heterocycles. The standard InChI is InChI=1S/C21H28FN3O3/c1-15-16(10-11-24(4)13-12-23(2)3)14-25(18-8-6-17(22)7-9-18)20(26)19(15)21(27)28-5/h6-9,14H,10-13H2,1-5H3. The van der Waals surface area contributed by atoms with Gasteiger partial charge in [0.25, 0.3) is 5.56 Å². The van der Waals surface area contributed by atoms with E-state index in [1.54, 1.807) is 13.1 Å². The Morgan fingerprint density at radius 3 is 2.32 bits per heavy atom. The number of carbonyl (C=O) groups is 1. The summed E-state index contributed by atoms with van der Waals surface area (Å²) in [5, 5.41) is 0. The van der Waals surface area contributed by atoms with E-state index in [2.05, 4.69) is 9.80 Å². The van der Waals surface area contributed by atoms with Gasteiger partial charge in [-0.25, -0.2) is 9.18 Å². The predicted octanol–water partition coefficient (Wildman–Crippen LogP) is 2.11. The molecule has 28 heavy (non-hydrogen) atoms. The fourth-order valence-electron chi connectivity index (χ4n) is 2.93. The molecular formula is C21H28FN3O3. The Morgan fingerprint density at radius 2 is 1.75 bits per heavy atom. The maximum absolute atomic E-state index is 13.3. The van der Waals surface area contributed by atoms with Crippen molar-refractivity contribution < 1.29 is 13.9 Å². The van der Waals surface area contributed by atoms with Gasteiger partial charge in [0.15, 0.2) is 0 Å². The highest BCUT2D eigenvalue weighted by Crippen LogP contribution is 2.16. The van der Waals surface area contributed by atoms with Crippen LogP contribution in [0.25, 0.3) is 5.69 Å². The Morgan fingerprint density at radius 1 is 1.11 bits per heavy atom. The Balaban J connectivity index is 2.41. The van der Waals surface area contributed by atoms with Crippen molar-refractivity contribution in [2.75, 3.05) is 47.9 Å². The lowest BCUT2D eigenvalue weighted by Gasteiger charge is -2.20. The number of nitrogens with zero attached hydrogens (tertiary/aromatic N) is 3. The van der Waals surface area contributed by atoms with Gasteiger partial charge in [-0.1, -0.05) is 0 Å². The number of hydrogen-bond donors (Lipinski definition) is 0. The van der Waals surface area contributed by atoms with E-state index in [0.29, 0.717) is 17.7 Å². The van der Waals surface area contributed by atoms with Gasteiger partial charge in [0.2, 0.25) is 0 Å². The predicted molar refractivity (Wildman–Crippen MR) is 108 cm³/mol. The first-order chi connectivity index (χ1) is 13.2. The average Bonchev–Trinajstić information content (AvgIpc) is 2.66. The van der Waals surface area contributed by atoms with Crippen molar-refractivity contribution in [1.29, 1.82) is 0 Å². The van der Waals surface area contributed by atoms with Crippen molar-refractivity contribution in [3.63, 3.8) is 0 Å². The van der Waals surface area contributed by atoms with Crippen LogP contribution in [0.4, 0.5) is 4.39 Å². The summed E-state index contributed by atoms with van der Waals surface area (Å²) >= 11 is 0. The van der Waals surface area contributed by atoms with E-state index < -0.39 is 11.5 Å². The van der Waals surface area contributed by atoms with Gasteiger partial charge in [-0.2, -0.15) is 0 Å². The average molecular weight is 389 g/mol. The van der Waals surface area contributed by atoms with Gasteiger partial charge < -0.3 is 14.5 Å². The number of pyridine rings is 1. The molecule has 2 rings (SSSR count). The number of ether oxygens (including phenoxy) is 1. The minimum absolute atomic E-state index is 0.0141. The summed E-state index contributed by atoms with van der Waals surface area (Å²) in [7, 11) is 7.35. The third-order valence-electron chi connectivity index (χ3n) is 4.76. The molecule has 0 amide bonds. The molecule has 0 saturated carbocycles. The minimum Gasteiger partial charge on any atom is -0.465 e. The van der Waals surface area contributed by atoms with Crippen molar-refractivity contribution in [2.45, 2.75) is 13.3 Å². The maximum Gasteiger partial charge on any atom is 0.343 e. The summed E-state index contributed by atoms with van der Waals surface area (Å²) < 4.78 is 19.5. The van der Waals surface area contributed by atoms with Gasteiger partial charge in [0.05, 0.1) is 7.11 Å². The number of benzene rings is 1. The molecule has 0 fully saturated rings. The molecule has 1 aromatic heterocycles. The third kappa shape index (κ3) is 5.27. The van der Waals surface area contributed by atoms with Gasteiger partial charge in [0.1, 0.15) is 11.4 Å². The van der Waals surface area contributed by atoms with Crippen molar-refractivity contribution in [3.8, 4) is 5.69 Å². The number of halogens is 1. The second kappa shape index (κ2) is 9.61. The van der Waals surface area contributed by atoms with Crippen molar-refractivity contribution in [1.82, 2.24) is 14.4 Å². The van der Waals surface area contributed by atoms with Crippen LogP contribution in [0.15, 0.2) is 35.3 Å². The number of methoxy groups -OCH3 is 1. The summed E-state index contributed by atoms with van der Waals surface area (Å²) in [5.74, 6) is -1.05. The second-order valence-corrected chi connectivity index (χ2v) is 7.15. The van der Waals surface area contributed by atoms with Gasteiger partial charge in [-0.3, -0.25) is 9.36 Å². The number of esters is 1. The Bertz CT molecular complexity index is 876. The molecule has 6 nitrogen and oxygen atoms in total. The molecule has 0 N–H and O–H groups in total. The van der Waals surface area contributed by atoms with Crippen LogP contribution in [-0.4, -0.2) is 68.2 Å². The van der Waals surface area contributed by atoms with E-state index in [9.17, 15) is 14.0 Å². The molecule has 0 aliphatic rings. The van der Waals surface area contributed by atoms with Crippen LogP contribution in [0, 0.1) is 12.7 Å². The molecule has 0 radical (unpaired) electrons. The van der Waals surface area contributed by atoms with Crippen LogP contribution in [0.2, 0.25) is 0 Å². The number of carbonyl (C=O) groups excluding carboxylic acids is 1. The molecule has 1 heterocycles. The zero-order valence-electron chi connectivity index (χ0n) is 17.2. The smallest absolute Gasteiger partial charge is 0.343 e. The molecule has 0 unspecified atom stereocenters. The van der Waals surface area contributed by atoms with Crippen LogP contribution < -0.4 is 5.56 Å². The summed E-state index contributed by atoms with van der Waals surface area (Å²) in [6.07, 6.45) is 2.40. The zero-order chi connectivity index (χ0) is 20.8. The molecule has 0 spiro atoms. The highest BCUT2D eigenvalue weighted by molar-refractivity contribution is 5.91. The lowest BCUT2D eigenvalue weighted by molar-refractivity contribution is 0.0597. The Hall–Kier alpha value is -2.51. The molecule has 0 atom stereocenters. The first kappa shape index (κ1) is 21.8. The molecule has 7 heteroatoms. The quantitative estimate of drug-likeness (QED) is 0.648. The number of likely N-dealkylation sites (N-methyl/N-ethyl adjacent to an activating group) is 2. The van der Waals surface area contributed by atoms with E-state index in [1.165, 1.54) is 35.9 Å². The lowest BCUT2D eigenvalue weighted by atomic mass is 10.0. The van der Waals surface area contributed by atoms with Crippen LogP contribution in [-0.2, 0) is 11.2 Å². The number of hydrogen-bond acceptors (Lipinski definition) is 5. The van der Waals surface area contributed by atoms with Gasteiger partial charge in [-0.05, 0) is 69.9 Å². The van der Waals surface area contributed by atoms with Gasteiger partial charge in [-0.15, -0.1) is 0 Å². The van der Waals surface area contributed by atoms with E-state index in [4.69, 9.17) is 4.74 Å². The highest BCUT2D eigenvalue weighted by Gasteiger charge is 2.20. The fraction of sp³-hybridized carbons (Fsp3) is 0.429. The molecule has 0 aliphatic carbocycles. The molecule has 0 bridgehead atoms. The van der Waals surface area contributed by atoms with Crippen molar-refractivity contribution in [3.05, 3.63) is 63.3 Å². The first-order valence-electron chi connectivity index (χ1n) is 9.17. The van der Waals surface area contributed by atoms with Crippen molar-refractivity contribution in [2.24, 2.45) is 0 Å². The fourth-order valence-corrected chi connectivity index (χ4v) is 2.93. The summed E-state index contributed by atoms with van der Waals surface area (Å²) in [6, 6.07) is 5.60. The Kier molecular flexibility index (Phi) is 7.48. The first-order valence-corrected chi connectivity index (χ1v) is 9.17. The number of aromatic nitrogens is 1. The van der Waals surface area contributed by atoms with Crippen molar-refractivity contribution >= 4 is 5.97 Å². The summed E-state index contributed by atoms with van der Waals surface area (Å²) in [5.41, 5.74) is 1.54. The van der Waals surface area contributed by atoms with E-state index in [-0.39, 0.29) is 11.4 Å². The van der Waals surface area contributed by atoms with E-state index in [0.717, 1.165) is 25.2 Å². The highest BCUT2D eigenvalue weighted by atomic mass is 19.1. The monoisotopic (exact) mass is 389 g/mol. The summed E-state index contributed by atoms with van der Waals surface area (Å²) in [6.45, 7) is 4.39. The molecule has 2 aromatic rings. The SMILES string of the molecule is COC(=O)c1c(C)c(CCN(C)CCN(C)C)cn(-c2ccc(F)cc2)c1=O. The van der Waals surface area contributed by atoms with Gasteiger partial charge >= 0.3 is 5.97 Å². The molecule has 0 aliphatic heterocycles. The van der Waals surface area contributed by atoms with Crippen LogP contribution >= 0.6 is 0 Å².